The molecule has 2 aromatic rings. The first-order valence-corrected chi connectivity index (χ1v) is 8.96. The van der Waals surface area contributed by atoms with Crippen LogP contribution in [0.15, 0.2) is 42.5 Å². The molecule has 0 aromatic heterocycles. The average Bonchev–Trinajstić information content (AvgIpc) is 2.62. The number of carboxylic acid groups (broad SMARTS) is 1. The molecular weight excluding hydrogens is 357 g/mol. The van der Waals surface area contributed by atoms with Gasteiger partial charge < -0.3 is 9.84 Å². The first kappa shape index (κ1) is 18.7. The molecule has 0 spiro atoms. The van der Waals surface area contributed by atoms with E-state index in [1.165, 1.54) is 19.2 Å². The molecule has 4 nitrogen and oxygen atoms in total. The van der Waals surface area contributed by atoms with E-state index in [4.69, 9.17) is 16.3 Å². The largest absolute Gasteiger partial charge is 0.496 e. The Balaban J connectivity index is 2.17. The van der Waals surface area contributed by atoms with Crippen LogP contribution in [0.3, 0.4) is 0 Å². The van der Waals surface area contributed by atoms with Gasteiger partial charge >= 0.3 is 5.97 Å². The Bertz CT molecular complexity index is 798. The highest BCUT2D eigenvalue weighted by molar-refractivity contribution is 6.30. The molecule has 2 aromatic carbocycles. The van der Waals surface area contributed by atoms with Crippen LogP contribution in [0.25, 0.3) is 0 Å². The number of piperidine rings is 1. The number of ether oxygens (including phenoxy) is 1. The number of carbonyl (C=O) groups is 1. The zero-order valence-electron chi connectivity index (χ0n) is 14.5. The maximum Gasteiger partial charge on any atom is 0.320 e. The molecule has 1 N–H and O–H groups in total. The topological polar surface area (TPSA) is 49.8 Å². The zero-order chi connectivity index (χ0) is 18.7. The van der Waals surface area contributed by atoms with Gasteiger partial charge in [-0.25, -0.2) is 4.39 Å². The second-order valence-corrected chi connectivity index (χ2v) is 6.87. The Labute approximate surface area is 157 Å². The summed E-state index contributed by atoms with van der Waals surface area (Å²) >= 11 is 6.18. The van der Waals surface area contributed by atoms with Crippen molar-refractivity contribution in [2.45, 2.75) is 31.3 Å². The molecule has 1 aliphatic rings. The number of benzene rings is 2. The molecule has 0 bridgehead atoms. The SMILES string of the molecule is COc1ccc(F)cc1C(c1cccc(Cl)c1)N1CCCCC1C(=O)O. The van der Waals surface area contributed by atoms with Crippen LogP contribution < -0.4 is 4.74 Å². The van der Waals surface area contributed by atoms with Gasteiger partial charge in [0.05, 0.1) is 13.2 Å². The zero-order valence-corrected chi connectivity index (χ0v) is 15.2. The van der Waals surface area contributed by atoms with Gasteiger partial charge in [-0.2, -0.15) is 0 Å². The predicted molar refractivity (Wildman–Crippen MR) is 98.2 cm³/mol. The molecule has 2 unspecified atom stereocenters. The molecule has 6 heteroatoms. The molecule has 1 fully saturated rings. The minimum atomic E-state index is -0.868. The van der Waals surface area contributed by atoms with E-state index in [1.807, 2.05) is 17.0 Å². The van der Waals surface area contributed by atoms with Gasteiger partial charge in [0.1, 0.15) is 17.6 Å². The van der Waals surface area contributed by atoms with Crippen LogP contribution in [-0.4, -0.2) is 35.7 Å². The highest BCUT2D eigenvalue weighted by Crippen LogP contribution is 2.39. The van der Waals surface area contributed by atoms with Crippen LogP contribution in [0.4, 0.5) is 4.39 Å². The Kier molecular flexibility index (Phi) is 5.79. The van der Waals surface area contributed by atoms with Crippen molar-refractivity contribution >= 4 is 17.6 Å². The summed E-state index contributed by atoms with van der Waals surface area (Å²) < 4.78 is 19.5. The number of halogens is 2. The Morgan fingerprint density at radius 1 is 1.31 bits per heavy atom. The molecule has 0 radical (unpaired) electrons. The number of hydrogen-bond donors (Lipinski definition) is 1. The molecule has 3 rings (SSSR count). The third-order valence-corrected chi connectivity index (χ3v) is 5.05. The standard InChI is InChI=1S/C20H21ClFNO3/c1-26-18-9-8-15(22)12-16(18)19(13-5-4-6-14(21)11-13)23-10-3-2-7-17(23)20(24)25/h4-6,8-9,11-12,17,19H,2-3,7,10H2,1H3,(H,24,25). The highest BCUT2D eigenvalue weighted by Gasteiger charge is 2.36. The van der Waals surface area contributed by atoms with Crippen molar-refractivity contribution in [3.63, 3.8) is 0 Å². The van der Waals surface area contributed by atoms with Crippen LogP contribution in [0.5, 0.6) is 5.75 Å². The van der Waals surface area contributed by atoms with Gasteiger partial charge in [-0.1, -0.05) is 30.2 Å². The quantitative estimate of drug-likeness (QED) is 0.832. The minimum Gasteiger partial charge on any atom is -0.496 e. The number of methoxy groups -OCH3 is 1. The van der Waals surface area contributed by atoms with Crippen molar-refractivity contribution in [3.05, 3.63) is 64.4 Å². The average molecular weight is 378 g/mol. The van der Waals surface area contributed by atoms with Crippen molar-refractivity contribution in [1.82, 2.24) is 4.90 Å². The molecule has 26 heavy (non-hydrogen) atoms. The molecule has 1 aliphatic heterocycles. The van der Waals surface area contributed by atoms with Gasteiger partial charge in [0, 0.05) is 10.6 Å². The number of nitrogens with zero attached hydrogens (tertiary/aromatic N) is 1. The van der Waals surface area contributed by atoms with Crippen molar-refractivity contribution in [2.75, 3.05) is 13.7 Å². The van der Waals surface area contributed by atoms with Crippen LogP contribution in [0.1, 0.15) is 36.4 Å². The summed E-state index contributed by atoms with van der Waals surface area (Å²) in [5.74, 6) is -0.741. The molecule has 138 valence electrons. The van der Waals surface area contributed by atoms with Gasteiger partial charge in [0.25, 0.3) is 0 Å². The number of aliphatic carboxylic acids is 1. The molecule has 0 saturated carbocycles. The second-order valence-electron chi connectivity index (χ2n) is 6.43. The Morgan fingerprint density at radius 3 is 2.81 bits per heavy atom. The first-order valence-electron chi connectivity index (χ1n) is 8.58. The third kappa shape index (κ3) is 3.84. The van der Waals surface area contributed by atoms with Crippen molar-refractivity contribution < 1.29 is 19.0 Å². The summed E-state index contributed by atoms with van der Waals surface area (Å²) in [6.07, 6.45) is 2.30. The van der Waals surface area contributed by atoms with E-state index in [2.05, 4.69) is 0 Å². The first-order chi connectivity index (χ1) is 12.5. The monoisotopic (exact) mass is 377 g/mol. The van der Waals surface area contributed by atoms with E-state index in [0.29, 0.717) is 29.3 Å². The van der Waals surface area contributed by atoms with Crippen molar-refractivity contribution in [3.8, 4) is 5.75 Å². The van der Waals surface area contributed by atoms with Crippen LogP contribution >= 0.6 is 11.6 Å². The molecule has 0 aliphatic carbocycles. The lowest BCUT2D eigenvalue weighted by atomic mass is 9.91. The number of likely N-dealkylation sites (tertiary alicyclic amines) is 1. The maximum absolute atomic E-state index is 14.0. The van der Waals surface area contributed by atoms with E-state index < -0.39 is 23.9 Å². The maximum atomic E-state index is 14.0. The molecular formula is C20H21ClFNO3. The Hall–Kier alpha value is -2.11. The number of hydrogen-bond acceptors (Lipinski definition) is 3. The predicted octanol–water partition coefficient (Wildman–Crippen LogP) is 4.52. The summed E-state index contributed by atoms with van der Waals surface area (Å²) in [6.45, 7) is 0.605. The van der Waals surface area contributed by atoms with Crippen LogP contribution in [0, 0.1) is 5.82 Å². The Morgan fingerprint density at radius 2 is 2.12 bits per heavy atom. The fourth-order valence-corrected chi connectivity index (χ4v) is 3.87. The fraction of sp³-hybridized carbons (Fsp3) is 0.350. The van der Waals surface area contributed by atoms with Gasteiger partial charge in [0.2, 0.25) is 0 Å². The van der Waals surface area contributed by atoms with Crippen molar-refractivity contribution in [2.24, 2.45) is 0 Å². The smallest absolute Gasteiger partial charge is 0.320 e. The van der Waals surface area contributed by atoms with E-state index in [0.717, 1.165) is 18.4 Å². The van der Waals surface area contributed by atoms with Gasteiger partial charge in [-0.3, -0.25) is 9.69 Å². The normalized spacial score (nSPS) is 19.1. The molecule has 2 atom stereocenters. The summed E-state index contributed by atoms with van der Waals surface area (Å²) in [4.78, 5) is 13.8. The minimum absolute atomic E-state index is 0.392. The van der Waals surface area contributed by atoms with E-state index in [9.17, 15) is 14.3 Å². The summed E-state index contributed by atoms with van der Waals surface area (Å²) in [7, 11) is 1.52. The van der Waals surface area contributed by atoms with Gasteiger partial charge in [-0.15, -0.1) is 0 Å². The number of carboxylic acids is 1. The number of rotatable bonds is 5. The van der Waals surface area contributed by atoms with Gasteiger partial charge in [-0.05, 0) is 55.3 Å². The molecule has 0 amide bonds. The summed E-state index contributed by atoms with van der Waals surface area (Å²) in [5, 5.41) is 10.3. The summed E-state index contributed by atoms with van der Waals surface area (Å²) in [6, 6.07) is 10.5. The third-order valence-electron chi connectivity index (χ3n) is 4.81. The van der Waals surface area contributed by atoms with E-state index >= 15 is 0 Å². The fourth-order valence-electron chi connectivity index (χ4n) is 3.67. The van der Waals surface area contributed by atoms with Crippen LogP contribution in [0.2, 0.25) is 5.02 Å². The van der Waals surface area contributed by atoms with E-state index in [1.54, 1.807) is 18.2 Å². The lowest BCUT2D eigenvalue weighted by Crippen LogP contribution is -2.47. The summed E-state index contributed by atoms with van der Waals surface area (Å²) in [5.41, 5.74) is 1.41. The molecule has 1 saturated heterocycles. The van der Waals surface area contributed by atoms with Crippen LogP contribution in [-0.2, 0) is 4.79 Å². The molecule has 1 heterocycles. The lowest BCUT2D eigenvalue weighted by molar-refractivity contribution is -0.145. The van der Waals surface area contributed by atoms with Crippen molar-refractivity contribution in [1.29, 1.82) is 0 Å². The second kappa shape index (κ2) is 8.06. The highest BCUT2D eigenvalue weighted by atomic mass is 35.5. The van der Waals surface area contributed by atoms with E-state index in [-0.39, 0.29) is 0 Å². The lowest BCUT2D eigenvalue weighted by Gasteiger charge is -2.40. The van der Waals surface area contributed by atoms with Gasteiger partial charge in [0.15, 0.2) is 0 Å².